The van der Waals surface area contributed by atoms with Gasteiger partial charge < -0.3 is 4.74 Å². The summed E-state index contributed by atoms with van der Waals surface area (Å²) in [6.45, 7) is 4.83. The van der Waals surface area contributed by atoms with E-state index < -0.39 is 11.6 Å². The number of benzene rings is 1. The van der Waals surface area contributed by atoms with Crippen LogP contribution in [0, 0.1) is 29.4 Å². The third-order valence-electron chi connectivity index (χ3n) is 5.69. The van der Waals surface area contributed by atoms with Gasteiger partial charge in [-0.05, 0) is 55.1 Å². The van der Waals surface area contributed by atoms with E-state index in [4.69, 9.17) is 4.74 Å². The molecule has 0 bridgehead atoms. The second kappa shape index (κ2) is 7.67. The minimum atomic E-state index is -0.820. The molecule has 132 valence electrons. The number of allylic oxidation sites excluding steroid dienone is 1. The summed E-state index contributed by atoms with van der Waals surface area (Å²) in [5, 5.41) is 0. The zero-order valence-electron chi connectivity index (χ0n) is 14.7. The summed E-state index contributed by atoms with van der Waals surface area (Å²) >= 11 is 0. The van der Waals surface area contributed by atoms with E-state index in [1.54, 1.807) is 12.1 Å². The summed E-state index contributed by atoms with van der Waals surface area (Å²) in [5.41, 5.74) is 0.526. The lowest BCUT2D eigenvalue weighted by atomic mass is 9.79. The average molecular weight is 334 g/mol. The van der Waals surface area contributed by atoms with Crippen molar-refractivity contribution in [3.05, 3.63) is 41.5 Å². The summed E-state index contributed by atoms with van der Waals surface area (Å²) in [6.07, 6.45) is 10.6. The Labute approximate surface area is 144 Å². The Morgan fingerprint density at radius 1 is 0.917 bits per heavy atom. The molecule has 1 saturated carbocycles. The first-order valence-corrected chi connectivity index (χ1v) is 9.33. The van der Waals surface area contributed by atoms with Gasteiger partial charge in [-0.15, -0.1) is 0 Å². The van der Waals surface area contributed by atoms with Crippen LogP contribution in [0.5, 0.6) is 5.75 Å². The summed E-state index contributed by atoms with van der Waals surface area (Å²) in [7, 11) is 0. The van der Waals surface area contributed by atoms with Crippen molar-refractivity contribution in [1.82, 2.24) is 0 Å². The van der Waals surface area contributed by atoms with Crippen LogP contribution in [-0.4, -0.2) is 6.61 Å². The topological polar surface area (TPSA) is 9.23 Å². The quantitative estimate of drug-likeness (QED) is 0.592. The molecule has 2 aliphatic rings. The first kappa shape index (κ1) is 17.4. The van der Waals surface area contributed by atoms with Gasteiger partial charge in [-0.3, -0.25) is 0 Å². The fourth-order valence-electron chi connectivity index (χ4n) is 3.90. The Morgan fingerprint density at radius 3 is 2.33 bits per heavy atom. The van der Waals surface area contributed by atoms with Crippen LogP contribution >= 0.6 is 0 Å². The molecular formula is C21H28F2O. The van der Waals surface area contributed by atoms with Crippen molar-refractivity contribution >= 4 is 0 Å². The summed E-state index contributed by atoms with van der Waals surface area (Å²) < 4.78 is 34.5. The Kier molecular flexibility index (Phi) is 5.57. The van der Waals surface area contributed by atoms with E-state index >= 15 is 0 Å². The van der Waals surface area contributed by atoms with Gasteiger partial charge in [-0.2, -0.15) is 4.39 Å². The molecule has 0 heterocycles. The highest BCUT2D eigenvalue weighted by Crippen LogP contribution is 2.38. The maximum atomic E-state index is 14.5. The van der Waals surface area contributed by atoms with Crippen LogP contribution in [0.4, 0.5) is 8.78 Å². The fraction of sp³-hybridized carbons (Fsp3) is 0.619. The van der Waals surface area contributed by atoms with E-state index in [0.29, 0.717) is 29.9 Å². The molecule has 0 aliphatic heterocycles. The van der Waals surface area contributed by atoms with Crippen molar-refractivity contribution in [3.63, 3.8) is 0 Å². The minimum Gasteiger partial charge on any atom is -0.490 e. The van der Waals surface area contributed by atoms with Crippen molar-refractivity contribution in [2.75, 3.05) is 6.61 Å². The number of rotatable bonds is 4. The highest BCUT2D eigenvalue weighted by atomic mass is 19.2. The van der Waals surface area contributed by atoms with Crippen molar-refractivity contribution in [3.8, 4) is 5.75 Å². The van der Waals surface area contributed by atoms with Gasteiger partial charge in [0.15, 0.2) is 11.6 Å². The van der Waals surface area contributed by atoms with Crippen LogP contribution in [0.15, 0.2) is 24.3 Å². The molecule has 3 heteroatoms. The van der Waals surface area contributed by atoms with Gasteiger partial charge in [0.05, 0.1) is 6.61 Å². The molecule has 1 nitrogen and oxygen atoms in total. The molecule has 2 unspecified atom stereocenters. The van der Waals surface area contributed by atoms with Crippen molar-refractivity contribution < 1.29 is 13.5 Å². The van der Waals surface area contributed by atoms with Gasteiger partial charge in [0.1, 0.15) is 0 Å². The molecule has 0 radical (unpaired) electrons. The third kappa shape index (κ3) is 3.99. The van der Waals surface area contributed by atoms with Gasteiger partial charge in [-0.1, -0.05) is 44.9 Å². The normalized spacial score (nSPS) is 30.3. The third-order valence-corrected chi connectivity index (χ3v) is 5.69. The first-order chi connectivity index (χ1) is 11.5. The van der Waals surface area contributed by atoms with Gasteiger partial charge in [0.25, 0.3) is 0 Å². The van der Waals surface area contributed by atoms with Crippen molar-refractivity contribution in [2.45, 2.75) is 58.3 Å². The fourth-order valence-corrected chi connectivity index (χ4v) is 3.90. The second-order valence-corrected chi connectivity index (χ2v) is 7.75. The highest BCUT2D eigenvalue weighted by molar-refractivity contribution is 5.33. The predicted molar refractivity (Wildman–Crippen MR) is 93.3 cm³/mol. The minimum absolute atomic E-state index is 0.0486. The SMILES string of the molecule is CC1C=CC(COc2ccc(C3CCC(C)CC3)c(F)c2F)CC1. The lowest BCUT2D eigenvalue weighted by molar-refractivity contribution is 0.243. The predicted octanol–water partition coefficient (Wildman–Crippen LogP) is 6.24. The molecule has 2 atom stereocenters. The zero-order chi connectivity index (χ0) is 17.1. The Balaban J connectivity index is 1.65. The van der Waals surface area contributed by atoms with Gasteiger partial charge >= 0.3 is 0 Å². The standard InChI is InChI=1S/C21H28F2O/c1-14-3-7-16(8-4-14)13-24-19-12-11-18(20(22)21(19)23)17-9-5-15(2)6-10-17/h3,7,11-12,14-17H,4-6,8-10,13H2,1-2H3. The molecular weight excluding hydrogens is 306 g/mol. The maximum Gasteiger partial charge on any atom is 0.200 e. The van der Waals surface area contributed by atoms with Crippen molar-refractivity contribution in [1.29, 1.82) is 0 Å². The van der Waals surface area contributed by atoms with Crippen LogP contribution in [-0.2, 0) is 0 Å². The molecule has 1 aromatic rings. The largest absolute Gasteiger partial charge is 0.490 e. The molecule has 0 saturated heterocycles. The van der Waals surface area contributed by atoms with E-state index in [9.17, 15) is 8.78 Å². The molecule has 0 N–H and O–H groups in total. The van der Waals surface area contributed by atoms with Crippen molar-refractivity contribution in [2.24, 2.45) is 17.8 Å². The maximum absolute atomic E-state index is 14.5. The lowest BCUT2D eigenvalue weighted by Gasteiger charge is -2.27. The molecule has 24 heavy (non-hydrogen) atoms. The molecule has 3 rings (SSSR count). The van der Waals surface area contributed by atoms with Gasteiger partial charge in [-0.25, -0.2) is 4.39 Å². The van der Waals surface area contributed by atoms with Crippen LogP contribution in [0.2, 0.25) is 0 Å². The molecule has 2 aliphatic carbocycles. The monoisotopic (exact) mass is 334 g/mol. The smallest absolute Gasteiger partial charge is 0.200 e. The zero-order valence-corrected chi connectivity index (χ0v) is 14.7. The Hall–Kier alpha value is -1.38. The average Bonchev–Trinajstić information content (AvgIpc) is 2.59. The molecule has 1 fully saturated rings. The Morgan fingerprint density at radius 2 is 1.67 bits per heavy atom. The Bertz CT molecular complexity index is 588. The number of ether oxygens (including phenoxy) is 1. The highest BCUT2D eigenvalue weighted by Gasteiger charge is 2.25. The first-order valence-electron chi connectivity index (χ1n) is 9.33. The van der Waals surface area contributed by atoms with E-state index in [1.165, 1.54) is 0 Å². The van der Waals surface area contributed by atoms with E-state index in [0.717, 1.165) is 38.5 Å². The van der Waals surface area contributed by atoms with Crippen LogP contribution in [0.3, 0.4) is 0 Å². The van der Waals surface area contributed by atoms with Crippen LogP contribution in [0.25, 0.3) is 0 Å². The van der Waals surface area contributed by atoms with Gasteiger partial charge in [0.2, 0.25) is 5.82 Å². The number of hydrogen-bond donors (Lipinski definition) is 0. The second-order valence-electron chi connectivity index (χ2n) is 7.75. The molecule has 0 amide bonds. The number of hydrogen-bond acceptors (Lipinski definition) is 1. The molecule has 0 spiro atoms. The molecule has 0 aromatic heterocycles. The lowest BCUT2D eigenvalue weighted by Crippen LogP contribution is -2.16. The number of halogens is 2. The van der Waals surface area contributed by atoms with Crippen LogP contribution < -0.4 is 4.74 Å². The summed E-state index contributed by atoms with van der Waals surface area (Å²) in [6, 6.07) is 3.34. The molecule has 1 aromatic carbocycles. The van der Waals surface area contributed by atoms with E-state index in [1.807, 2.05) is 0 Å². The summed E-state index contributed by atoms with van der Waals surface area (Å²) in [4.78, 5) is 0. The van der Waals surface area contributed by atoms with Crippen LogP contribution in [0.1, 0.15) is 63.9 Å². The van der Waals surface area contributed by atoms with Gasteiger partial charge in [0, 0.05) is 5.92 Å². The summed E-state index contributed by atoms with van der Waals surface area (Å²) in [5.74, 6) is 0.262. The van der Waals surface area contributed by atoms with E-state index in [-0.39, 0.29) is 11.7 Å². The van der Waals surface area contributed by atoms with E-state index in [2.05, 4.69) is 26.0 Å².